The Morgan fingerprint density at radius 1 is 0.258 bits per heavy atom. The van der Waals surface area contributed by atoms with Crippen LogP contribution in [0.4, 0.5) is 0 Å². The summed E-state index contributed by atoms with van der Waals surface area (Å²) in [4.78, 5) is 30.5. The van der Waals surface area contributed by atoms with E-state index in [0.717, 1.165) is 88.4 Å². The summed E-state index contributed by atoms with van der Waals surface area (Å²) in [6.07, 6.45) is 0. The topological polar surface area (TPSA) is 104 Å². The number of hydrogen-bond donors (Lipinski definition) is 0. The van der Waals surface area contributed by atoms with Crippen molar-refractivity contribution >= 4 is 43.9 Å². The largest absolute Gasteiger partial charge is 0.456 e. The predicted octanol–water partition coefficient (Wildman–Crippen LogP) is 13.5. The highest BCUT2D eigenvalue weighted by molar-refractivity contribution is 6.16. The number of furan rings is 2. The molecule has 0 N–H and O–H groups in total. The summed E-state index contributed by atoms with van der Waals surface area (Å²) in [5.41, 5.74) is 10.1. The SMILES string of the molecule is c1ccc(-c2nc(-c3ccccc3)nc(-c3ccc(-c4c(-c5nc(-c6ccccc6)nc(-c6cccc7c6oc6ccccc67)n5)ccc5oc6ccccc6c45)cc3)n2)cc1. The van der Waals surface area contributed by atoms with Crippen LogP contribution in [0.15, 0.2) is 203 Å². The molecular weight excluding hydrogens is 765 g/mol. The fourth-order valence-corrected chi connectivity index (χ4v) is 8.28. The molecule has 0 aliphatic rings. The molecule has 0 radical (unpaired) electrons. The van der Waals surface area contributed by atoms with Gasteiger partial charge < -0.3 is 8.83 Å². The van der Waals surface area contributed by atoms with E-state index >= 15 is 0 Å². The van der Waals surface area contributed by atoms with Gasteiger partial charge in [0.2, 0.25) is 0 Å². The van der Waals surface area contributed by atoms with Crippen LogP contribution >= 0.6 is 0 Å². The zero-order valence-electron chi connectivity index (χ0n) is 33.0. The number of hydrogen-bond acceptors (Lipinski definition) is 8. The minimum Gasteiger partial charge on any atom is -0.456 e. The molecular formula is C54H32N6O2. The fourth-order valence-electron chi connectivity index (χ4n) is 8.28. The highest BCUT2D eigenvalue weighted by Gasteiger charge is 2.23. The molecule has 4 aromatic heterocycles. The van der Waals surface area contributed by atoms with Crippen LogP contribution in [0, 0.1) is 0 Å². The first kappa shape index (κ1) is 35.3. The van der Waals surface area contributed by atoms with E-state index in [0.29, 0.717) is 34.9 Å². The third kappa shape index (κ3) is 6.09. The quantitative estimate of drug-likeness (QED) is 0.157. The van der Waals surface area contributed by atoms with Crippen molar-refractivity contribution in [3.63, 3.8) is 0 Å². The second-order valence-electron chi connectivity index (χ2n) is 15.0. The second kappa shape index (κ2) is 14.6. The summed E-state index contributed by atoms with van der Waals surface area (Å²) in [6, 6.07) is 64.7. The summed E-state index contributed by atoms with van der Waals surface area (Å²) in [5.74, 6) is 3.37. The molecule has 12 rings (SSSR count). The highest BCUT2D eigenvalue weighted by Crippen LogP contribution is 2.43. The van der Waals surface area contributed by atoms with E-state index in [4.69, 9.17) is 38.7 Å². The molecule has 290 valence electrons. The van der Waals surface area contributed by atoms with Crippen LogP contribution < -0.4 is 0 Å². The summed E-state index contributed by atoms with van der Waals surface area (Å²) in [6.45, 7) is 0. The lowest BCUT2D eigenvalue weighted by molar-refractivity contribution is 0.669. The van der Waals surface area contributed by atoms with Crippen molar-refractivity contribution in [2.45, 2.75) is 0 Å². The first-order valence-electron chi connectivity index (χ1n) is 20.4. The number of para-hydroxylation sites is 3. The Morgan fingerprint density at radius 2 is 0.694 bits per heavy atom. The first-order chi connectivity index (χ1) is 30.7. The van der Waals surface area contributed by atoms with Gasteiger partial charge in [0, 0.05) is 54.9 Å². The van der Waals surface area contributed by atoms with E-state index in [1.165, 1.54) is 0 Å². The maximum atomic E-state index is 6.50. The molecule has 0 spiro atoms. The van der Waals surface area contributed by atoms with Crippen LogP contribution in [0.1, 0.15) is 0 Å². The lowest BCUT2D eigenvalue weighted by Crippen LogP contribution is -2.01. The molecule has 62 heavy (non-hydrogen) atoms. The van der Waals surface area contributed by atoms with E-state index in [-0.39, 0.29) is 0 Å². The van der Waals surface area contributed by atoms with Gasteiger partial charge in [-0.2, -0.15) is 0 Å². The van der Waals surface area contributed by atoms with Gasteiger partial charge in [-0.05, 0) is 35.9 Å². The van der Waals surface area contributed by atoms with Crippen molar-refractivity contribution in [3.05, 3.63) is 194 Å². The molecule has 8 heteroatoms. The molecule has 0 aliphatic heterocycles. The number of fused-ring (bicyclic) bond motifs is 6. The van der Waals surface area contributed by atoms with Crippen molar-refractivity contribution in [2.24, 2.45) is 0 Å². The number of nitrogens with zero attached hydrogens (tertiary/aromatic N) is 6. The predicted molar refractivity (Wildman–Crippen MR) is 246 cm³/mol. The van der Waals surface area contributed by atoms with Crippen molar-refractivity contribution in [1.82, 2.24) is 29.9 Å². The van der Waals surface area contributed by atoms with Crippen molar-refractivity contribution in [1.29, 1.82) is 0 Å². The van der Waals surface area contributed by atoms with Gasteiger partial charge >= 0.3 is 0 Å². The fraction of sp³-hybridized carbons (Fsp3) is 0. The summed E-state index contributed by atoms with van der Waals surface area (Å²) < 4.78 is 13.0. The number of rotatable bonds is 7. The van der Waals surface area contributed by atoms with Crippen LogP contribution in [0.5, 0.6) is 0 Å². The molecule has 0 saturated carbocycles. The lowest BCUT2D eigenvalue weighted by atomic mass is 9.93. The maximum absolute atomic E-state index is 6.50. The Bertz CT molecular complexity index is 3570. The Balaban J connectivity index is 1.07. The zero-order valence-corrected chi connectivity index (χ0v) is 33.0. The van der Waals surface area contributed by atoms with Gasteiger partial charge in [-0.3, -0.25) is 0 Å². The van der Waals surface area contributed by atoms with E-state index in [9.17, 15) is 0 Å². The lowest BCUT2D eigenvalue weighted by Gasteiger charge is -2.14. The van der Waals surface area contributed by atoms with Gasteiger partial charge in [-0.25, -0.2) is 29.9 Å². The average Bonchev–Trinajstić information content (AvgIpc) is 3.93. The maximum Gasteiger partial charge on any atom is 0.167 e. The second-order valence-corrected chi connectivity index (χ2v) is 15.0. The normalized spacial score (nSPS) is 11.5. The molecule has 8 aromatic carbocycles. The Hall–Kier alpha value is -8.62. The van der Waals surface area contributed by atoms with Gasteiger partial charge in [-0.15, -0.1) is 0 Å². The first-order valence-corrected chi connectivity index (χ1v) is 20.4. The molecule has 0 aliphatic carbocycles. The monoisotopic (exact) mass is 796 g/mol. The molecule has 0 unspecified atom stereocenters. The van der Waals surface area contributed by atoms with Crippen LogP contribution in [0.2, 0.25) is 0 Å². The van der Waals surface area contributed by atoms with E-state index in [1.54, 1.807) is 0 Å². The van der Waals surface area contributed by atoms with Crippen molar-refractivity contribution in [3.8, 4) is 79.5 Å². The Morgan fingerprint density at radius 3 is 1.29 bits per heavy atom. The van der Waals surface area contributed by atoms with Crippen LogP contribution in [0.25, 0.3) is 123 Å². The third-order valence-corrected chi connectivity index (χ3v) is 11.2. The molecule has 12 aromatic rings. The van der Waals surface area contributed by atoms with Crippen molar-refractivity contribution in [2.75, 3.05) is 0 Å². The molecule has 0 bridgehead atoms. The minimum absolute atomic E-state index is 0.509. The van der Waals surface area contributed by atoms with Crippen LogP contribution in [-0.4, -0.2) is 29.9 Å². The smallest absolute Gasteiger partial charge is 0.167 e. The molecule has 0 atom stereocenters. The van der Waals surface area contributed by atoms with Crippen LogP contribution in [-0.2, 0) is 0 Å². The Kier molecular flexibility index (Phi) is 8.31. The summed E-state index contributed by atoms with van der Waals surface area (Å²) >= 11 is 0. The molecule has 8 nitrogen and oxygen atoms in total. The Labute approximate surface area is 354 Å². The van der Waals surface area contributed by atoms with E-state index in [1.807, 2.05) is 152 Å². The van der Waals surface area contributed by atoms with Crippen LogP contribution in [0.3, 0.4) is 0 Å². The average molecular weight is 797 g/mol. The van der Waals surface area contributed by atoms with Gasteiger partial charge in [0.05, 0.1) is 5.56 Å². The van der Waals surface area contributed by atoms with Gasteiger partial charge in [0.1, 0.15) is 22.3 Å². The molecule has 0 saturated heterocycles. The van der Waals surface area contributed by atoms with Gasteiger partial charge in [0.25, 0.3) is 0 Å². The number of benzene rings is 8. The standard InChI is InChI=1S/C54H32N6O2/c1-4-15-34(16-5-1)49-55-50(35-17-6-2-7-18-35)57-52(56-49)37-29-27-33(28-30-37)46-41(31-32-45-47(46)40-22-11-13-26-44(40)61-45)53-58-51(36-19-8-3-9-20-36)59-54(60-53)42-24-14-23-39-38-21-10-12-25-43(38)62-48(39)42/h1-32H. The zero-order chi connectivity index (χ0) is 41.0. The molecule has 4 heterocycles. The summed E-state index contributed by atoms with van der Waals surface area (Å²) in [7, 11) is 0. The molecule has 0 amide bonds. The van der Waals surface area contributed by atoms with E-state index < -0.39 is 0 Å². The van der Waals surface area contributed by atoms with E-state index in [2.05, 4.69) is 42.5 Å². The van der Waals surface area contributed by atoms with Gasteiger partial charge in [0.15, 0.2) is 34.9 Å². The van der Waals surface area contributed by atoms with Crippen molar-refractivity contribution < 1.29 is 8.83 Å². The van der Waals surface area contributed by atoms with Gasteiger partial charge in [-0.1, -0.05) is 164 Å². The minimum atomic E-state index is 0.509. The highest BCUT2D eigenvalue weighted by atomic mass is 16.3. The number of aromatic nitrogens is 6. The summed E-state index contributed by atoms with van der Waals surface area (Å²) in [5, 5.41) is 3.99. The third-order valence-electron chi connectivity index (χ3n) is 11.2. The molecule has 0 fully saturated rings.